The lowest BCUT2D eigenvalue weighted by molar-refractivity contribution is -0.127. The lowest BCUT2D eigenvalue weighted by atomic mass is 9.91. The summed E-state index contributed by atoms with van der Waals surface area (Å²) in [6, 6.07) is 9.15. The molecule has 2 aliphatic heterocycles. The second-order valence-electron chi connectivity index (χ2n) is 8.18. The maximum atomic E-state index is 11.9. The summed E-state index contributed by atoms with van der Waals surface area (Å²) in [5, 5.41) is 0.825. The number of piperidine rings is 1. The Bertz CT molecular complexity index is 611. The zero-order valence-corrected chi connectivity index (χ0v) is 15.8. The van der Waals surface area contributed by atoms with E-state index in [0.29, 0.717) is 17.4 Å². The molecule has 1 amide bonds. The third kappa shape index (κ3) is 3.88. The predicted octanol–water partition coefficient (Wildman–Crippen LogP) is 4.24. The van der Waals surface area contributed by atoms with Crippen LogP contribution >= 0.6 is 11.6 Å². The Hall–Kier alpha value is -1.06. The Balaban J connectivity index is 1.39. The van der Waals surface area contributed by atoms with Gasteiger partial charge in [-0.25, -0.2) is 0 Å². The molecule has 0 radical (unpaired) electrons. The Morgan fingerprint density at radius 1 is 1.08 bits per heavy atom. The fourth-order valence-electron chi connectivity index (χ4n) is 4.72. The van der Waals surface area contributed by atoms with Crippen LogP contribution in [0.3, 0.4) is 0 Å². The van der Waals surface area contributed by atoms with Crippen molar-refractivity contribution in [2.24, 2.45) is 0 Å². The summed E-state index contributed by atoms with van der Waals surface area (Å²) in [7, 11) is 0. The second kappa shape index (κ2) is 7.28. The van der Waals surface area contributed by atoms with Crippen LogP contribution in [0.1, 0.15) is 56.9 Å². The van der Waals surface area contributed by atoms with E-state index in [-0.39, 0.29) is 0 Å². The van der Waals surface area contributed by atoms with Gasteiger partial charge >= 0.3 is 0 Å². The summed E-state index contributed by atoms with van der Waals surface area (Å²) in [6.07, 6.45) is 9.48. The minimum atomic E-state index is 0.351. The third-order valence-electron chi connectivity index (χ3n) is 6.47. The van der Waals surface area contributed by atoms with Gasteiger partial charge in [-0.1, -0.05) is 30.2 Å². The van der Waals surface area contributed by atoms with Crippen LogP contribution in [0.4, 0.5) is 0 Å². The van der Waals surface area contributed by atoms with Crippen molar-refractivity contribution < 1.29 is 4.79 Å². The maximum absolute atomic E-state index is 11.9. The molecule has 0 spiro atoms. The van der Waals surface area contributed by atoms with Gasteiger partial charge in [0.15, 0.2) is 0 Å². The van der Waals surface area contributed by atoms with Gasteiger partial charge < -0.3 is 4.90 Å². The molecule has 136 valence electrons. The van der Waals surface area contributed by atoms with Gasteiger partial charge in [-0.15, -0.1) is 0 Å². The van der Waals surface area contributed by atoms with Crippen LogP contribution in [0, 0.1) is 0 Å². The molecule has 2 heterocycles. The first kappa shape index (κ1) is 17.4. The second-order valence-corrected chi connectivity index (χ2v) is 8.62. The molecule has 4 heteroatoms. The van der Waals surface area contributed by atoms with E-state index in [1.807, 2.05) is 12.1 Å². The van der Waals surface area contributed by atoms with E-state index in [1.165, 1.54) is 50.8 Å². The fourth-order valence-corrected chi connectivity index (χ4v) is 4.85. The zero-order valence-electron chi connectivity index (χ0n) is 15.1. The number of carbonyl (C=O) groups is 1. The number of amides is 1. The van der Waals surface area contributed by atoms with E-state index in [9.17, 15) is 4.79 Å². The predicted molar refractivity (Wildman–Crippen MR) is 102 cm³/mol. The molecular formula is C21H29ClN2O. The minimum Gasteiger partial charge on any atom is -0.343 e. The lowest BCUT2D eigenvalue weighted by Gasteiger charge is -2.39. The summed E-state index contributed by atoms with van der Waals surface area (Å²) in [6.45, 7) is 4.31. The third-order valence-corrected chi connectivity index (χ3v) is 6.72. The number of hydrogen-bond donors (Lipinski definition) is 0. The number of nitrogens with zero attached hydrogens (tertiary/aromatic N) is 2. The molecule has 1 aromatic rings. The van der Waals surface area contributed by atoms with E-state index in [1.54, 1.807) is 0 Å². The molecule has 1 unspecified atom stereocenters. The molecule has 1 saturated carbocycles. The van der Waals surface area contributed by atoms with Crippen LogP contribution in [-0.2, 0) is 10.2 Å². The van der Waals surface area contributed by atoms with Crippen LogP contribution in [-0.4, -0.2) is 47.9 Å². The Morgan fingerprint density at radius 2 is 1.88 bits per heavy atom. The molecule has 1 aromatic carbocycles. The summed E-state index contributed by atoms with van der Waals surface area (Å²) >= 11 is 6.07. The lowest BCUT2D eigenvalue weighted by Crippen LogP contribution is -2.45. The van der Waals surface area contributed by atoms with E-state index >= 15 is 0 Å². The number of likely N-dealkylation sites (tertiary alicyclic amines) is 2. The molecule has 25 heavy (non-hydrogen) atoms. The number of hydrogen-bond acceptors (Lipinski definition) is 2. The standard InChI is InChI=1S/C21H29ClN2O/c22-18-8-6-17(7-9-18)21(11-12-21)16-24-13-2-1-4-19(24)10-15-23-14-3-5-20(23)25/h6-9,19H,1-5,10-16H2. The van der Waals surface area contributed by atoms with Gasteiger partial charge in [0.25, 0.3) is 0 Å². The summed E-state index contributed by atoms with van der Waals surface area (Å²) in [5.74, 6) is 0.363. The van der Waals surface area contributed by atoms with Crippen molar-refractivity contribution in [3.8, 4) is 0 Å². The number of carbonyl (C=O) groups excluding carboxylic acids is 1. The van der Waals surface area contributed by atoms with Crippen molar-refractivity contribution in [1.82, 2.24) is 9.80 Å². The van der Waals surface area contributed by atoms with Gasteiger partial charge in [-0.05, 0) is 62.8 Å². The largest absolute Gasteiger partial charge is 0.343 e. The van der Waals surface area contributed by atoms with Gasteiger partial charge in [-0.2, -0.15) is 0 Å². The van der Waals surface area contributed by atoms with E-state index in [2.05, 4.69) is 21.9 Å². The average molecular weight is 361 g/mol. The van der Waals surface area contributed by atoms with Crippen LogP contribution in [0.15, 0.2) is 24.3 Å². The monoisotopic (exact) mass is 360 g/mol. The highest BCUT2D eigenvalue weighted by molar-refractivity contribution is 6.30. The Morgan fingerprint density at radius 3 is 2.56 bits per heavy atom. The SMILES string of the molecule is O=C1CCCN1CCC1CCCCN1CC1(c2ccc(Cl)cc2)CC1. The minimum absolute atomic E-state index is 0.351. The molecule has 0 aromatic heterocycles. The van der Waals surface area contributed by atoms with Crippen molar-refractivity contribution in [3.63, 3.8) is 0 Å². The topological polar surface area (TPSA) is 23.6 Å². The van der Waals surface area contributed by atoms with Crippen LogP contribution in [0.25, 0.3) is 0 Å². The first-order chi connectivity index (χ1) is 12.2. The van der Waals surface area contributed by atoms with Crippen molar-refractivity contribution >= 4 is 17.5 Å². The zero-order chi connectivity index (χ0) is 17.3. The molecule has 2 saturated heterocycles. The van der Waals surface area contributed by atoms with Gasteiger partial charge in [-0.3, -0.25) is 9.69 Å². The number of benzene rings is 1. The Kier molecular flexibility index (Phi) is 5.06. The van der Waals surface area contributed by atoms with Crippen LogP contribution in [0.2, 0.25) is 5.02 Å². The molecular weight excluding hydrogens is 332 g/mol. The smallest absolute Gasteiger partial charge is 0.222 e. The molecule has 4 rings (SSSR count). The quantitative estimate of drug-likeness (QED) is 0.757. The van der Waals surface area contributed by atoms with Crippen LogP contribution in [0.5, 0.6) is 0 Å². The Labute approximate surface area is 156 Å². The normalized spacial score (nSPS) is 26.2. The highest BCUT2D eigenvalue weighted by atomic mass is 35.5. The summed E-state index contributed by atoms with van der Waals surface area (Å²) < 4.78 is 0. The molecule has 0 bridgehead atoms. The van der Waals surface area contributed by atoms with Crippen molar-refractivity contribution in [1.29, 1.82) is 0 Å². The molecule has 1 aliphatic carbocycles. The molecule has 0 N–H and O–H groups in total. The van der Waals surface area contributed by atoms with Crippen molar-refractivity contribution in [2.45, 2.75) is 62.8 Å². The highest BCUT2D eigenvalue weighted by Crippen LogP contribution is 2.49. The first-order valence-corrected chi connectivity index (χ1v) is 10.3. The fraction of sp³-hybridized carbons (Fsp3) is 0.667. The maximum Gasteiger partial charge on any atom is 0.222 e. The molecule has 1 atom stereocenters. The van der Waals surface area contributed by atoms with E-state index < -0.39 is 0 Å². The van der Waals surface area contributed by atoms with Crippen LogP contribution < -0.4 is 0 Å². The molecule has 3 aliphatic rings. The molecule has 3 fully saturated rings. The van der Waals surface area contributed by atoms with E-state index in [4.69, 9.17) is 11.6 Å². The summed E-state index contributed by atoms with van der Waals surface area (Å²) in [4.78, 5) is 16.7. The average Bonchev–Trinajstić information content (AvgIpc) is 3.29. The van der Waals surface area contributed by atoms with Crippen molar-refractivity contribution in [2.75, 3.05) is 26.2 Å². The van der Waals surface area contributed by atoms with Gasteiger partial charge in [0, 0.05) is 42.5 Å². The van der Waals surface area contributed by atoms with Gasteiger partial charge in [0.1, 0.15) is 0 Å². The van der Waals surface area contributed by atoms with Gasteiger partial charge in [0.05, 0.1) is 0 Å². The number of rotatable bonds is 6. The van der Waals surface area contributed by atoms with E-state index in [0.717, 1.165) is 37.4 Å². The first-order valence-electron chi connectivity index (χ1n) is 9.94. The molecule has 3 nitrogen and oxygen atoms in total. The highest BCUT2D eigenvalue weighted by Gasteiger charge is 2.46. The van der Waals surface area contributed by atoms with Crippen molar-refractivity contribution in [3.05, 3.63) is 34.9 Å². The van der Waals surface area contributed by atoms with Gasteiger partial charge in [0.2, 0.25) is 5.91 Å². The number of halogens is 1. The summed E-state index contributed by atoms with van der Waals surface area (Å²) in [5.41, 5.74) is 1.81.